The van der Waals surface area contributed by atoms with Gasteiger partial charge in [-0.05, 0) is 23.6 Å². The van der Waals surface area contributed by atoms with Gasteiger partial charge in [-0.1, -0.05) is 6.07 Å². The highest BCUT2D eigenvalue weighted by atomic mass is 32.1. The maximum atomic E-state index is 12.7. The molecule has 0 unspecified atom stereocenters. The molecule has 0 radical (unpaired) electrons. The number of fused-ring (bicyclic) bond motifs is 1. The summed E-state index contributed by atoms with van der Waals surface area (Å²) < 4.78 is 13.9. The van der Waals surface area contributed by atoms with Crippen LogP contribution in [0.15, 0.2) is 24.3 Å². The predicted molar refractivity (Wildman–Crippen MR) is 51.6 cm³/mol. The summed E-state index contributed by atoms with van der Waals surface area (Å²) >= 11 is 1.18. The van der Waals surface area contributed by atoms with E-state index in [0.717, 1.165) is 10.1 Å². The van der Waals surface area contributed by atoms with Gasteiger partial charge in [-0.2, -0.15) is 0 Å². The summed E-state index contributed by atoms with van der Waals surface area (Å²) in [6, 6.07) is 5.99. The summed E-state index contributed by atoms with van der Waals surface area (Å²) in [7, 11) is -1.47. The first kappa shape index (κ1) is 8.68. The van der Waals surface area contributed by atoms with Crippen molar-refractivity contribution < 1.29 is 14.4 Å². The fourth-order valence-electron chi connectivity index (χ4n) is 1.15. The molecule has 0 aliphatic rings. The van der Waals surface area contributed by atoms with Crippen molar-refractivity contribution in [3.63, 3.8) is 0 Å². The Hall–Kier alpha value is -0.905. The summed E-state index contributed by atoms with van der Waals surface area (Å²) in [6.07, 6.45) is 0. The van der Waals surface area contributed by atoms with Gasteiger partial charge in [-0.25, -0.2) is 4.39 Å². The molecule has 2 aromatic rings. The van der Waals surface area contributed by atoms with Gasteiger partial charge in [-0.3, -0.25) is 0 Å². The summed E-state index contributed by atoms with van der Waals surface area (Å²) in [5, 5.41) is 18.6. The Balaban J connectivity index is 2.62. The van der Waals surface area contributed by atoms with Crippen molar-refractivity contribution in [1.29, 1.82) is 0 Å². The quantitative estimate of drug-likeness (QED) is 0.659. The van der Waals surface area contributed by atoms with Crippen LogP contribution >= 0.6 is 11.3 Å². The molecule has 2 rings (SSSR count). The van der Waals surface area contributed by atoms with Gasteiger partial charge in [0.2, 0.25) is 0 Å². The summed E-state index contributed by atoms with van der Waals surface area (Å²) in [5.74, 6) is -0.312. The SMILES string of the molecule is OB(O)c1cc2ccc(F)cc2s1. The van der Waals surface area contributed by atoms with Crippen molar-refractivity contribution in [3.8, 4) is 0 Å². The topological polar surface area (TPSA) is 40.5 Å². The van der Waals surface area contributed by atoms with Crippen LogP contribution in [0, 0.1) is 5.82 Å². The molecule has 1 aromatic heterocycles. The molecule has 0 saturated carbocycles. The third kappa shape index (κ3) is 1.58. The third-order valence-electron chi connectivity index (χ3n) is 1.76. The second-order valence-electron chi connectivity index (χ2n) is 2.70. The number of hydrogen-bond donors (Lipinski definition) is 2. The van der Waals surface area contributed by atoms with Crippen molar-refractivity contribution in [3.05, 3.63) is 30.1 Å². The first-order valence-corrected chi connectivity index (χ1v) is 4.53. The maximum absolute atomic E-state index is 12.7. The average Bonchev–Trinajstić information content (AvgIpc) is 2.46. The van der Waals surface area contributed by atoms with Crippen LogP contribution in [0.2, 0.25) is 0 Å². The molecule has 0 aliphatic carbocycles. The number of rotatable bonds is 1. The van der Waals surface area contributed by atoms with E-state index in [1.165, 1.54) is 23.5 Å². The van der Waals surface area contributed by atoms with Crippen molar-refractivity contribution >= 4 is 33.3 Å². The largest absolute Gasteiger partial charge is 0.499 e. The Bertz CT molecular complexity index is 441. The summed E-state index contributed by atoms with van der Waals surface area (Å²) in [6.45, 7) is 0. The highest BCUT2D eigenvalue weighted by Gasteiger charge is 2.14. The molecular weight excluding hydrogens is 190 g/mol. The highest BCUT2D eigenvalue weighted by molar-refractivity contribution is 7.27. The van der Waals surface area contributed by atoms with E-state index in [4.69, 9.17) is 10.0 Å². The van der Waals surface area contributed by atoms with E-state index in [2.05, 4.69) is 0 Å². The lowest BCUT2D eigenvalue weighted by Crippen LogP contribution is -2.26. The van der Waals surface area contributed by atoms with Crippen LogP contribution < -0.4 is 4.78 Å². The average molecular weight is 196 g/mol. The fraction of sp³-hybridized carbons (Fsp3) is 0. The molecule has 0 bridgehead atoms. The third-order valence-corrected chi connectivity index (χ3v) is 2.89. The number of thiophene rings is 1. The van der Waals surface area contributed by atoms with E-state index in [9.17, 15) is 4.39 Å². The maximum Gasteiger partial charge on any atom is 0.499 e. The lowest BCUT2D eigenvalue weighted by atomic mass is 9.89. The fourth-order valence-corrected chi connectivity index (χ4v) is 2.11. The molecule has 0 saturated heterocycles. The zero-order valence-electron chi connectivity index (χ0n) is 6.57. The summed E-state index contributed by atoms with van der Waals surface area (Å²) in [4.78, 5) is 0. The van der Waals surface area contributed by atoms with Crippen LogP contribution in [-0.4, -0.2) is 17.2 Å². The Morgan fingerprint density at radius 3 is 2.69 bits per heavy atom. The minimum absolute atomic E-state index is 0.312. The van der Waals surface area contributed by atoms with Crippen molar-refractivity contribution in [2.24, 2.45) is 0 Å². The molecule has 1 heterocycles. The van der Waals surface area contributed by atoms with Crippen molar-refractivity contribution in [2.75, 3.05) is 0 Å². The van der Waals surface area contributed by atoms with E-state index < -0.39 is 7.12 Å². The van der Waals surface area contributed by atoms with Gasteiger partial charge >= 0.3 is 7.12 Å². The Kier molecular flexibility index (Phi) is 2.07. The highest BCUT2D eigenvalue weighted by Crippen LogP contribution is 2.19. The van der Waals surface area contributed by atoms with E-state index in [0.29, 0.717) is 4.78 Å². The van der Waals surface area contributed by atoms with Gasteiger partial charge in [0.15, 0.2) is 0 Å². The Morgan fingerprint density at radius 2 is 2.00 bits per heavy atom. The van der Waals surface area contributed by atoms with Gasteiger partial charge < -0.3 is 10.0 Å². The van der Waals surface area contributed by atoms with E-state index >= 15 is 0 Å². The number of halogens is 1. The Morgan fingerprint density at radius 1 is 1.23 bits per heavy atom. The summed E-state index contributed by atoms with van der Waals surface area (Å²) in [5.41, 5.74) is 0. The molecule has 2 N–H and O–H groups in total. The lowest BCUT2D eigenvalue weighted by molar-refractivity contribution is 0.427. The normalized spacial score (nSPS) is 10.7. The van der Waals surface area contributed by atoms with Gasteiger partial charge in [0.25, 0.3) is 0 Å². The first-order chi connectivity index (χ1) is 6.16. The predicted octanol–water partition coefficient (Wildman–Crippen LogP) is 0.720. The zero-order chi connectivity index (χ0) is 9.42. The molecule has 2 nitrogen and oxygen atoms in total. The van der Waals surface area contributed by atoms with E-state index in [1.807, 2.05) is 0 Å². The van der Waals surface area contributed by atoms with Crippen molar-refractivity contribution in [2.45, 2.75) is 0 Å². The molecule has 1 aromatic carbocycles. The van der Waals surface area contributed by atoms with E-state index in [1.54, 1.807) is 12.1 Å². The molecular formula is C8H6BFO2S. The van der Waals surface area contributed by atoms with Crippen LogP contribution in [0.4, 0.5) is 4.39 Å². The van der Waals surface area contributed by atoms with Crippen LogP contribution in [-0.2, 0) is 0 Å². The minimum atomic E-state index is -1.47. The first-order valence-electron chi connectivity index (χ1n) is 3.72. The zero-order valence-corrected chi connectivity index (χ0v) is 7.38. The van der Waals surface area contributed by atoms with Gasteiger partial charge in [0.05, 0.1) is 0 Å². The van der Waals surface area contributed by atoms with Gasteiger partial charge in [-0.15, -0.1) is 11.3 Å². The molecule has 13 heavy (non-hydrogen) atoms. The molecule has 0 spiro atoms. The second-order valence-corrected chi connectivity index (χ2v) is 3.82. The standard InChI is InChI=1S/C8H6BFO2S/c10-6-2-1-5-3-8(9(11)12)13-7(5)4-6/h1-4,11-12H. The monoisotopic (exact) mass is 196 g/mol. The molecule has 5 heteroatoms. The van der Waals surface area contributed by atoms with Crippen LogP contribution in [0.5, 0.6) is 0 Å². The van der Waals surface area contributed by atoms with Gasteiger partial charge in [0.1, 0.15) is 5.82 Å². The lowest BCUT2D eigenvalue weighted by Gasteiger charge is -1.87. The number of benzene rings is 1. The van der Waals surface area contributed by atoms with Crippen molar-refractivity contribution in [1.82, 2.24) is 0 Å². The van der Waals surface area contributed by atoms with Crippen LogP contribution in [0.1, 0.15) is 0 Å². The van der Waals surface area contributed by atoms with Crippen LogP contribution in [0.3, 0.4) is 0 Å². The van der Waals surface area contributed by atoms with E-state index in [-0.39, 0.29) is 5.82 Å². The smallest absolute Gasteiger partial charge is 0.423 e. The number of hydrogen-bond acceptors (Lipinski definition) is 3. The Labute approximate surface area is 78.4 Å². The van der Waals surface area contributed by atoms with Crippen LogP contribution in [0.25, 0.3) is 10.1 Å². The molecule has 0 fully saturated rings. The molecule has 0 atom stereocenters. The molecule has 0 aliphatic heterocycles. The molecule has 66 valence electrons. The molecule has 0 amide bonds. The minimum Gasteiger partial charge on any atom is -0.423 e. The second kappa shape index (κ2) is 3.10. The van der Waals surface area contributed by atoms with Gasteiger partial charge in [0, 0.05) is 9.48 Å².